The molecule has 0 saturated carbocycles. The monoisotopic (exact) mass is 401 g/mol. The van der Waals surface area contributed by atoms with Gasteiger partial charge in [0.25, 0.3) is 11.8 Å². The third-order valence-corrected chi connectivity index (χ3v) is 4.21. The van der Waals surface area contributed by atoms with E-state index in [1.807, 2.05) is 31.2 Å². The quantitative estimate of drug-likeness (QED) is 0.704. The largest absolute Gasteiger partial charge is 0.496 e. The van der Waals surface area contributed by atoms with Crippen molar-refractivity contribution in [3.05, 3.63) is 63.9 Å². The molecule has 1 N–H and O–H groups in total. The van der Waals surface area contributed by atoms with Gasteiger partial charge >= 0.3 is 0 Å². The second-order valence-corrected chi connectivity index (χ2v) is 6.27. The van der Waals surface area contributed by atoms with Crippen LogP contribution in [-0.2, 0) is 6.54 Å². The van der Waals surface area contributed by atoms with Crippen molar-refractivity contribution < 1.29 is 14.1 Å². The third kappa shape index (κ3) is 4.06. The highest BCUT2D eigenvalue weighted by Crippen LogP contribution is 2.25. The Morgan fingerprint density at radius 2 is 2.00 bits per heavy atom. The lowest BCUT2D eigenvalue weighted by molar-refractivity contribution is 0.0949. The molecule has 25 heavy (non-hydrogen) atoms. The Labute approximate surface area is 153 Å². The molecule has 3 aromatic rings. The Balaban J connectivity index is 1.65. The second-order valence-electron chi connectivity index (χ2n) is 5.41. The average molecular weight is 402 g/mol. The second kappa shape index (κ2) is 7.48. The van der Waals surface area contributed by atoms with Gasteiger partial charge in [0.2, 0.25) is 0 Å². The van der Waals surface area contributed by atoms with Crippen molar-refractivity contribution in [3.63, 3.8) is 0 Å². The fourth-order valence-electron chi connectivity index (χ4n) is 2.21. The first-order chi connectivity index (χ1) is 12.1. The lowest BCUT2D eigenvalue weighted by atomic mass is 10.1. The normalized spacial score (nSPS) is 10.5. The van der Waals surface area contributed by atoms with Gasteiger partial charge in [0.1, 0.15) is 5.75 Å². The van der Waals surface area contributed by atoms with Crippen molar-refractivity contribution in [2.45, 2.75) is 13.5 Å². The van der Waals surface area contributed by atoms with Gasteiger partial charge in [-0.2, -0.15) is 4.98 Å². The minimum atomic E-state index is -0.231. The molecular weight excluding hydrogens is 386 g/mol. The minimum absolute atomic E-state index is 0.178. The molecule has 6 nitrogen and oxygen atoms in total. The van der Waals surface area contributed by atoms with Crippen molar-refractivity contribution in [1.29, 1.82) is 0 Å². The number of hydrogen-bond donors (Lipinski definition) is 1. The van der Waals surface area contributed by atoms with Crippen molar-refractivity contribution >= 4 is 21.8 Å². The summed E-state index contributed by atoms with van der Waals surface area (Å²) in [5, 5.41) is 6.66. The predicted octanol–water partition coefficient (Wildman–Crippen LogP) is 3.75. The van der Waals surface area contributed by atoms with Gasteiger partial charge in [-0.25, -0.2) is 0 Å². The number of rotatable bonds is 5. The number of nitrogens with one attached hydrogen (secondary N) is 1. The van der Waals surface area contributed by atoms with Crippen LogP contribution in [0.1, 0.15) is 21.7 Å². The van der Waals surface area contributed by atoms with Crippen LogP contribution in [0.5, 0.6) is 5.75 Å². The number of aryl methyl sites for hydroxylation is 1. The fourth-order valence-corrected chi connectivity index (χ4v) is 2.75. The standard InChI is InChI=1S/C18H16BrN3O3/c1-11-3-5-12(6-4-11)18-21-16(22-25-18)10-20-17(23)13-7-8-15(24-2)14(19)9-13/h3-9H,10H2,1-2H3,(H,20,23). The highest BCUT2D eigenvalue weighted by Gasteiger charge is 2.12. The molecule has 0 atom stereocenters. The van der Waals surface area contributed by atoms with E-state index in [0.29, 0.717) is 27.5 Å². The van der Waals surface area contributed by atoms with E-state index in [0.717, 1.165) is 11.1 Å². The zero-order chi connectivity index (χ0) is 17.8. The summed E-state index contributed by atoms with van der Waals surface area (Å²) in [6.45, 7) is 2.19. The number of amides is 1. The molecule has 0 aliphatic rings. The molecule has 128 valence electrons. The zero-order valence-corrected chi connectivity index (χ0v) is 15.3. The summed E-state index contributed by atoms with van der Waals surface area (Å²) in [4.78, 5) is 16.5. The molecule has 0 radical (unpaired) electrons. The van der Waals surface area contributed by atoms with Crippen LogP contribution in [0.4, 0.5) is 0 Å². The molecule has 0 spiro atoms. The topological polar surface area (TPSA) is 77.2 Å². The Hall–Kier alpha value is -2.67. The van der Waals surface area contributed by atoms with E-state index in [2.05, 4.69) is 31.4 Å². The van der Waals surface area contributed by atoms with Crippen molar-refractivity contribution in [2.24, 2.45) is 0 Å². The van der Waals surface area contributed by atoms with Crippen molar-refractivity contribution in [2.75, 3.05) is 7.11 Å². The van der Waals surface area contributed by atoms with E-state index in [4.69, 9.17) is 9.26 Å². The van der Waals surface area contributed by atoms with Gasteiger partial charge in [0, 0.05) is 11.1 Å². The minimum Gasteiger partial charge on any atom is -0.496 e. The van der Waals surface area contributed by atoms with Crippen LogP contribution >= 0.6 is 15.9 Å². The van der Waals surface area contributed by atoms with Crippen LogP contribution < -0.4 is 10.1 Å². The highest BCUT2D eigenvalue weighted by molar-refractivity contribution is 9.10. The molecule has 7 heteroatoms. The van der Waals surface area contributed by atoms with Crippen LogP contribution in [-0.4, -0.2) is 23.2 Å². The number of aromatic nitrogens is 2. The molecule has 3 rings (SSSR count). The Kier molecular flexibility index (Phi) is 5.14. The van der Waals surface area contributed by atoms with E-state index in [1.54, 1.807) is 25.3 Å². The van der Waals surface area contributed by atoms with Crippen LogP contribution in [0.2, 0.25) is 0 Å². The van der Waals surface area contributed by atoms with E-state index < -0.39 is 0 Å². The number of carbonyl (C=O) groups is 1. The van der Waals surface area contributed by atoms with Gasteiger partial charge < -0.3 is 14.6 Å². The van der Waals surface area contributed by atoms with Crippen LogP contribution in [0.3, 0.4) is 0 Å². The first-order valence-corrected chi connectivity index (χ1v) is 8.37. The maximum absolute atomic E-state index is 12.2. The van der Waals surface area contributed by atoms with Gasteiger partial charge in [0.05, 0.1) is 18.1 Å². The lowest BCUT2D eigenvalue weighted by Gasteiger charge is -2.06. The summed E-state index contributed by atoms with van der Waals surface area (Å²) in [5.41, 5.74) is 2.51. The third-order valence-electron chi connectivity index (χ3n) is 3.59. The summed E-state index contributed by atoms with van der Waals surface area (Å²) in [5.74, 6) is 1.27. The number of halogens is 1. The molecule has 0 aliphatic heterocycles. The highest BCUT2D eigenvalue weighted by atomic mass is 79.9. The molecule has 0 aliphatic carbocycles. The summed E-state index contributed by atoms with van der Waals surface area (Å²) < 4.78 is 11.1. The van der Waals surface area contributed by atoms with Crippen molar-refractivity contribution in [1.82, 2.24) is 15.5 Å². The number of benzene rings is 2. The number of methoxy groups -OCH3 is 1. The summed E-state index contributed by atoms with van der Waals surface area (Å²) in [6, 6.07) is 12.9. The molecule has 0 bridgehead atoms. The maximum atomic E-state index is 12.2. The summed E-state index contributed by atoms with van der Waals surface area (Å²) >= 11 is 3.36. The maximum Gasteiger partial charge on any atom is 0.257 e. The number of nitrogens with zero attached hydrogens (tertiary/aromatic N) is 2. The van der Waals surface area contributed by atoms with Gasteiger partial charge in [-0.05, 0) is 53.2 Å². The van der Waals surface area contributed by atoms with Gasteiger partial charge in [-0.3, -0.25) is 4.79 Å². The van der Waals surface area contributed by atoms with Crippen LogP contribution in [0.15, 0.2) is 51.5 Å². The SMILES string of the molecule is COc1ccc(C(=O)NCc2noc(-c3ccc(C)cc3)n2)cc1Br. The Bertz CT molecular complexity index is 891. The molecule has 0 fully saturated rings. The molecule has 1 aromatic heterocycles. The number of ether oxygens (including phenoxy) is 1. The van der Waals surface area contributed by atoms with Gasteiger partial charge in [-0.15, -0.1) is 0 Å². The fraction of sp³-hybridized carbons (Fsp3) is 0.167. The molecule has 2 aromatic carbocycles. The van der Waals surface area contributed by atoms with Gasteiger partial charge in [-0.1, -0.05) is 22.9 Å². The Morgan fingerprint density at radius 3 is 2.68 bits per heavy atom. The summed E-state index contributed by atoms with van der Waals surface area (Å²) in [7, 11) is 1.57. The van der Waals surface area contributed by atoms with Crippen molar-refractivity contribution in [3.8, 4) is 17.2 Å². The van der Waals surface area contributed by atoms with E-state index in [1.165, 1.54) is 0 Å². The predicted molar refractivity (Wildman–Crippen MR) is 96.3 cm³/mol. The van der Waals surface area contributed by atoms with Gasteiger partial charge in [0.15, 0.2) is 5.82 Å². The van der Waals surface area contributed by atoms with E-state index in [-0.39, 0.29) is 12.5 Å². The molecule has 1 amide bonds. The average Bonchev–Trinajstić information content (AvgIpc) is 3.09. The lowest BCUT2D eigenvalue weighted by Crippen LogP contribution is -2.23. The smallest absolute Gasteiger partial charge is 0.257 e. The number of carbonyl (C=O) groups excluding carboxylic acids is 1. The summed E-state index contributed by atoms with van der Waals surface area (Å²) in [6.07, 6.45) is 0. The molecule has 0 saturated heterocycles. The molecule has 1 heterocycles. The number of hydrogen-bond acceptors (Lipinski definition) is 5. The van der Waals surface area contributed by atoms with E-state index >= 15 is 0 Å². The first kappa shape index (κ1) is 17.2. The Morgan fingerprint density at radius 1 is 1.24 bits per heavy atom. The van der Waals surface area contributed by atoms with E-state index in [9.17, 15) is 4.79 Å². The van der Waals surface area contributed by atoms with Crippen LogP contribution in [0.25, 0.3) is 11.5 Å². The molecular formula is C18H16BrN3O3. The zero-order valence-electron chi connectivity index (χ0n) is 13.7. The first-order valence-electron chi connectivity index (χ1n) is 7.58. The molecule has 0 unspecified atom stereocenters. The van der Waals surface area contributed by atoms with Crippen LogP contribution in [0, 0.1) is 6.92 Å².